The molecule has 92 valence electrons. The number of hydrazine groups is 1. The van der Waals surface area contributed by atoms with Crippen molar-refractivity contribution in [1.29, 1.82) is 0 Å². The number of allylic oxidation sites excluding steroid dienone is 1. The summed E-state index contributed by atoms with van der Waals surface area (Å²) in [6, 6.07) is 7.51. The summed E-state index contributed by atoms with van der Waals surface area (Å²) in [6.45, 7) is 0. The first-order valence-corrected chi connectivity index (χ1v) is 7.04. The summed E-state index contributed by atoms with van der Waals surface area (Å²) in [5, 5.41) is 1.55. The number of hydrogen-bond donors (Lipinski definition) is 1. The van der Waals surface area contributed by atoms with Crippen molar-refractivity contribution in [1.82, 2.24) is 5.43 Å². The standard InChI is InChI=1S/C10H9Br3N2O2/c1-16-8-4-2-7(3-5-8)15-14-6-9(17-15)10(11,12)13/h2-6,14H,1H3. The highest BCUT2D eigenvalue weighted by atomic mass is 80.0. The van der Waals surface area contributed by atoms with E-state index >= 15 is 0 Å². The molecule has 0 spiro atoms. The topological polar surface area (TPSA) is 33.7 Å². The van der Waals surface area contributed by atoms with Gasteiger partial charge < -0.3 is 9.57 Å². The van der Waals surface area contributed by atoms with Crippen molar-refractivity contribution in [2.45, 2.75) is 2.14 Å². The van der Waals surface area contributed by atoms with Crippen LogP contribution in [0.5, 0.6) is 5.75 Å². The Morgan fingerprint density at radius 1 is 1.24 bits per heavy atom. The number of hydrogen-bond acceptors (Lipinski definition) is 4. The summed E-state index contributed by atoms with van der Waals surface area (Å²) in [4.78, 5) is 5.59. The largest absolute Gasteiger partial charge is 0.497 e. The first kappa shape index (κ1) is 13.0. The van der Waals surface area contributed by atoms with E-state index in [0.717, 1.165) is 11.4 Å². The van der Waals surface area contributed by atoms with E-state index in [0.29, 0.717) is 5.76 Å². The fraction of sp³-hybridized carbons (Fsp3) is 0.200. The second-order valence-electron chi connectivity index (χ2n) is 3.22. The zero-order chi connectivity index (χ0) is 12.5. The predicted molar refractivity (Wildman–Crippen MR) is 77.3 cm³/mol. The number of anilines is 1. The molecular weight excluding hydrogens is 420 g/mol. The van der Waals surface area contributed by atoms with E-state index in [4.69, 9.17) is 9.57 Å². The molecule has 0 unspecified atom stereocenters. The molecule has 1 aliphatic rings. The fourth-order valence-electron chi connectivity index (χ4n) is 1.25. The summed E-state index contributed by atoms with van der Waals surface area (Å²) in [5.74, 6) is 1.46. The average molecular weight is 429 g/mol. The van der Waals surface area contributed by atoms with E-state index in [1.54, 1.807) is 18.5 Å². The number of nitrogens with one attached hydrogen (secondary N) is 1. The lowest BCUT2D eigenvalue weighted by molar-refractivity contribution is 0.191. The molecule has 0 aliphatic carbocycles. The molecule has 1 aromatic rings. The Morgan fingerprint density at radius 3 is 2.35 bits per heavy atom. The summed E-state index contributed by atoms with van der Waals surface area (Å²) < 4.78 is 4.52. The van der Waals surface area contributed by atoms with E-state index < -0.39 is 2.14 Å². The molecule has 4 nitrogen and oxygen atoms in total. The molecular formula is C10H9Br3N2O2. The van der Waals surface area contributed by atoms with Crippen LogP contribution in [0.2, 0.25) is 0 Å². The Morgan fingerprint density at radius 2 is 1.88 bits per heavy atom. The van der Waals surface area contributed by atoms with Crippen LogP contribution in [0.4, 0.5) is 5.69 Å². The van der Waals surface area contributed by atoms with Gasteiger partial charge in [-0.05, 0) is 24.3 Å². The maximum Gasteiger partial charge on any atom is 0.196 e. The molecule has 1 aromatic carbocycles. The maximum absolute atomic E-state index is 5.59. The fourth-order valence-corrected chi connectivity index (χ4v) is 1.81. The average Bonchev–Trinajstić information content (AvgIpc) is 2.78. The van der Waals surface area contributed by atoms with Gasteiger partial charge in [-0.15, -0.1) is 5.17 Å². The van der Waals surface area contributed by atoms with Gasteiger partial charge in [0.2, 0.25) is 0 Å². The van der Waals surface area contributed by atoms with Gasteiger partial charge in [0.15, 0.2) is 7.90 Å². The molecule has 0 aromatic heterocycles. The summed E-state index contributed by atoms with van der Waals surface area (Å²) in [7, 11) is 1.63. The zero-order valence-corrected chi connectivity index (χ0v) is 13.5. The van der Waals surface area contributed by atoms with Crippen LogP contribution in [-0.4, -0.2) is 9.25 Å². The lowest BCUT2D eigenvalue weighted by Gasteiger charge is -2.20. The number of nitrogens with zero attached hydrogens (tertiary/aromatic N) is 1. The van der Waals surface area contributed by atoms with Crippen LogP contribution in [0.25, 0.3) is 0 Å². The van der Waals surface area contributed by atoms with Crippen LogP contribution in [0.15, 0.2) is 36.2 Å². The van der Waals surface area contributed by atoms with Gasteiger partial charge in [-0.25, -0.2) is 0 Å². The Bertz CT molecular complexity index is 428. The summed E-state index contributed by atoms with van der Waals surface area (Å²) in [6.07, 6.45) is 1.74. The Balaban J connectivity index is 2.07. The van der Waals surface area contributed by atoms with Crippen LogP contribution in [0, 0.1) is 0 Å². The van der Waals surface area contributed by atoms with Crippen molar-refractivity contribution < 1.29 is 9.57 Å². The second-order valence-corrected chi connectivity index (χ2v) is 9.98. The van der Waals surface area contributed by atoms with E-state index in [1.807, 2.05) is 24.3 Å². The van der Waals surface area contributed by atoms with Crippen LogP contribution < -0.4 is 15.3 Å². The molecule has 1 aliphatic heterocycles. The molecule has 0 bridgehead atoms. The quantitative estimate of drug-likeness (QED) is 0.729. The highest BCUT2D eigenvalue weighted by molar-refractivity contribution is 9.39. The Labute approximate surface area is 124 Å². The van der Waals surface area contributed by atoms with Crippen molar-refractivity contribution in [2.24, 2.45) is 0 Å². The molecule has 0 amide bonds. The number of halogens is 3. The van der Waals surface area contributed by atoms with Crippen molar-refractivity contribution >= 4 is 53.5 Å². The van der Waals surface area contributed by atoms with Gasteiger partial charge in [0, 0.05) is 0 Å². The smallest absolute Gasteiger partial charge is 0.196 e. The van der Waals surface area contributed by atoms with Crippen LogP contribution >= 0.6 is 47.8 Å². The highest BCUT2D eigenvalue weighted by Crippen LogP contribution is 2.43. The lowest BCUT2D eigenvalue weighted by atomic mass is 10.3. The molecule has 2 rings (SSSR count). The van der Waals surface area contributed by atoms with Crippen molar-refractivity contribution in [2.75, 3.05) is 12.3 Å². The number of ether oxygens (including phenoxy) is 1. The molecule has 17 heavy (non-hydrogen) atoms. The van der Waals surface area contributed by atoms with Gasteiger partial charge in [0.25, 0.3) is 0 Å². The number of rotatable bonds is 2. The highest BCUT2D eigenvalue weighted by Gasteiger charge is 2.32. The van der Waals surface area contributed by atoms with E-state index in [2.05, 4.69) is 53.2 Å². The van der Waals surface area contributed by atoms with Crippen molar-refractivity contribution in [3.8, 4) is 5.75 Å². The number of alkyl halides is 3. The van der Waals surface area contributed by atoms with Gasteiger partial charge in [-0.2, -0.15) is 0 Å². The van der Waals surface area contributed by atoms with Crippen molar-refractivity contribution in [3.05, 3.63) is 36.2 Å². The third-order valence-corrected chi connectivity index (χ3v) is 3.26. The first-order chi connectivity index (χ1) is 8.00. The summed E-state index contributed by atoms with van der Waals surface area (Å²) in [5.41, 5.74) is 3.85. The second kappa shape index (κ2) is 5.07. The van der Waals surface area contributed by atoms with Gasteiger partial charge >= 0.3 is 0 Å². The Kier molecular flexibility index (Phi) is 3.89. The molecule has 0 saturated carbocycles. The number of methoxy groups -OCH3 is 1. The van der Waals surface area contributed by atoms with Crippen LogP contribution in [-0.2, 0) is 4.84 Å². The van der Waals surface area contributed by atoms with Crippen molar-refractivity contribution in [3.63, 3.8) is 0 Å². The minimum atomic E-state index is -0.568. The van der Waals surface area contributed by atoms with Gasteiger partial charge in [-0.1, -0.05) is 47.8 Å². The molecule has 0 radical (unpaired) electrons. The maximum atomic E-state index is 5.59. The predicted octanol–water partition coefficient (Wildman–Crippen LogP) is 3.63. The van der Waals surface area contributed by atoms with E-state index in [1.165, 1.54) is 0 Å². The minimum Gasteiger partial charge on any atom is -0.497 e. The van der Waals surface area contributed by atoms with E-state index in [9.17, 15) is 0 Å². The molecule has 0 fully saturated rings. The molecule has 1 N–H and O–H groups in total. The molecule has 7 heteroatoms. The molecule has 0 saturated heterocycles. The molecule has 1 heterocycles. The zero-order valence-electron chi connectivity index (χ0n) is 8.78. The minimum absolute atomic E-state index is 0.568. The first-order valence-electron chi connectivity index (χ1n) is 4.66. The third-order valence-electron chi connectivity index (χ3n) is 2.09. The monoisotopic (exact) mass is 426 g/mol. The summed E-state index contributed by atoms with van der Waals surface area (Å²) >= 11 is 10.1. The molecule has 0 atom stereocenters. The lowest BCUT2D eigenvalue weighted by Crippen LogP contribution is -2.28. The number of benzene rings is 1. The van der Waals surface area contributed by atoms with Gasteiger partial charge in [0.05, 0.1) is 19.0 Å². The van der Waals surface area contributed by atoms with Crippen LogP contribution in [0.3, 0.4) is 0 Å². The SMILES string of the molecule is COc1ccc(N2NC=C(C(Br)(Br)Br)O2)cc1. The normalized spacial score (nSPS) is 15.1. The van der Waals surface area contributed by atoms with Gasteiger partial charge in [0.1, 0.15) is 5.75 Å². The van der Waals surface area contributed by atoms with Gasteiger partial charge in [-0.3, -0.25) is 5.43 Å². The van der Waals surface area contributed by atoms with Crippen LogP contribution in [0.1, 0.15) is 0 Å². The Hall–Kier alpha value is -0.400. The third kappa shape index (κ3) is 3.08. The van der Waals surface area contributed by atoms with E-state index in [-0.39, 0.29) is 0 Å².